The van der Waals surface area contributed by atoms with E-state index in [1.165, 1.54) is 0 Å². The van der Waals surface area contributed by atoms with Crippen molar-refractivity contribution < 1.29 is 4.74 Å². The molecule has 0 saturated heterocycles. The van der Waals surface area contributed by atoms with Crippen LogP contribution in [0.5, 0.6) is 11.5 Å². The lowest BCUT2D eigenvalue weighted by Gasteiger charge is -2.12. The molecule has 0 amide bonds. The Morgan fingerprint density at radius 1 is 0.587 bits per heavy atom. The van der Waals surface area contributed by atoms with Crippen LogP contribution in [0, 0.1) is 0 Å². The van der Waals surface area contributed by atoms with Crippen LogP contribution in [0.15, 0.2) is 91.5 Å². The minimum atomic E-state index is 0.743. The second-order valence-electron chi connectivity index (χ2n) is 8.08. The largest absolute Gasteiger partial charge is 0.457 e. The fourth-order valence-corrected chi connectivity index (χ4v) is 3.88. The van der Waals surface area contributed by atoms with Gasteiger partial charge in [0.25, 0.3) is 0 Å². The first kappa shape index (κ1) is 41.2. The van der Waals surface area contributed by atoms with Gasteiger partial charge in [0.2, 0.25) is 0 Å². The Labute approximate surface area is 278 Å². The fraction of sp³-hybridized carbons (Fsp3) is 0.333. The number of anilines is 4. The summed E-state index contributed by atoms with van der Waals surface area (Å²) >= 11 is 0. The van der Waals surface area contributed by atoms with Crippen molar-refractivity contribution in [3.8, 4) is 11.5 Å². The molecule has 2 N–H and O–H groups in total. The van der Waals surface area contributed by atoms with Crippen molar-refractivity contribution in [1.82, 2.24) is 19.9 Å². The fourth-order valence-electron chi connectivity index (χ4n) is 3.88. The third-order valence-electron chi connectivity index (χ3n) is 5.65. The van der Waals surface area contributed by atoms with Gasteiger partial charge in [-0.1, -0.05) is 100 Å². The number of ether oxygens (including phenoxy) is 1. The van der Waals surface area contributed by atoms with Gasteiger partial charge in [-0.15, -0.1) is 0 Å². The van der Waals surface area contributed by atoms with E-state index < -0.39 is 0 Å². The molecule has 0 radical (unpaired) electrons. The summed E-state index contributed by atoms with van der Waals surface area (Å²) in [6.45, 7) is 24.1. The number of aryl methyl sites for hydroxylation is 1. The van der Waals surface area contributed by atoms with Gasteiger partial charge in [-0.05, 0) is 74.0 Å². The molecule has 46 heavy (non-hydrogen) atoms. The van der Waals surface area contributed by atoms with E-state index in [1.807, 2.05) is 161 Å². The van der Waals surface area contributed by atoms with Gasteiger partial charge in [0.15, 0.2) is 0 Å². The maximum absolute atomic E-state index is 6.04. The SMILES string of the molecule is C/C=C\c1c(CC)ncnc1Nc1ccc(Oc2ccc(Nc3ncnc4ccccc34)cc2)cc1.CC.CC.CC.CC.CC. The van der Waals surface area contributed by atoms with Gasteiger partial charge in [-0.3, -0.25) is 0 Å². The molecule has 0 aliphatic rings. The first-order chi connectivity index (χ1) is 22.7. The lowest BCUT2D eigenvalue weighted by Crippen LogP contribution is -2.02. The highest BCUT2D eigenvalue weighted by Crippen LogP contribution is 2.28. The van der Waals surface area contributed by atoms with E-state index in [-0.39, 0.29) is 0 Å². The van der Waals surface area contributed by atoms with Crippen LogP contribution in [0.3, 0.4) is 0 Å². The maximum atomic E-state index is 6.04. The van der Waals surface area contributed by atoms with Crippen LogP contribution in [0.25, 0.3) is 17.0 Å². The summed E-state index contributed by atoms with van der Waals surface area (Å²) in [6, 6.07) is 23.5. The van der Waals surface area contributed by atoms with E-state index in [1.54, 1.807) is 12.7 Å². The Hall–Kier alpha value is -4.78. The van der Waals surface area contributed by atoms with Gasteiger partial charge in [-0.25, -0.2) is 19.9 Å². The summed E-state index contributed by atoms with van der Waals surface area (Å²) in [4.78, 5) is 17.5. The van der Waals surface area contributed by atoms with Crippen molar-refractivity contribution in [2.45, 2.75) is 89.5 Å². The molecule has 7 heteroatoms. The van der Waals surface area contributed by atoms with Crippen molar-refractivity contribution in [1.29, 1.82) is 0 Å². The predicted molar refractivity (Wildman–Crippen MR) is 202 cm³/mol. The van der Waals surface area contributed by atoms with Gasteiger partial charge < -0.3 is 15.4 Å². The first-order valence-corrected chi connectivity index (χ1v) is 16.8. The summed E-state index contributed by atoms with van der Waals surface area (Å²) in [6.07, 6.45) is 8.03. The zero-order valence-corrected chi connectivity index (χ0v) is 30.1. The number of hydrogen-bond donors (Lipinski definition) is 2. The lowest BCUT2D eigenvalue weighted by molar-refractivity contribution is 0.483. The van der Waals surface area contributed by atoms with Crippen molar-refractivity contribution in [3.05, 3.63) is 103 Å². The highest BCUT2D eigenvalue weighted by atomic mass is 16.5. The Morgan fingerprint density at radius 3 is 1.59 bits per heavy atom. The Bertz CT molecular complexity index is 1490. The number of para-hydroxylation sites is 1. The molecule has 5 aromatic rings. The van der Waals surface area contributed by atoms with E-state index in [0.29, 0.717) is 0 Å². The molecular weight excluding hydrogens is 568 g/mol. The molecule has 0 saturated carbocycles. The summed E-state index contributed by atoms with van der Waals surface area (Å²) in [5.41, 5.74) is 4.75. The average molecular weight is 625 g/mol. The molecule has 3 aromatic carbocycles. The van der Waals surface area contributed by atoms with Gasteiger partial charge in [0.05, 0.1) is 11.2 Å². The topological polar surface area (TPSA) is 84.9 Å². The summed E-state index contributed by atoms with van der Waals surface area (Å²) < 4.78 is 6.04. The number of nitrogens with zero attached hydrogens (tertiary/aromatic N) is 4. The molecule has 5 rings (SSSR count). The van der Waals surface area contributed by atoms with E-state index in [2.05, 4.69) is 37.5 Å². The molecule has 0 atom stereocenters. The van der Waals surface area contributed by atoms with Crippen LogP contribution in [-0.2, 0) is 6.42 Å². The molecule has 2 heterocycles. The van der Waals surface area contributed by atoms with Crippen LogP contribution in [-0.4, -0.2) is 19.9 Å². The van der Waals surface area contributed by atoms with Gasteiger partial charge in [0.1, 0.15) is 35.8 Å². The van der Waals surface area contributed by atoms with Crippen molar-refractivity contribution in [2.24, 2.45) is 0 Å². The predicted octanol–water partition coefficient (Wildman–Crippen LogP) is 12.4. The third-order valence-corrected chi connectivity index (χ3v) is 5.65. The van der Waals surface area contributed by atoms with Crippen LogP contribution in [0.4, 0.5) is 23.0 Å². The quantitative estimate of drug-likeness (QED) is 0.178. The molecule has 0 fully saturated rings. The zero-order chi connectivity index (χ0) is 34.7. The zero-order valence-electron chi connectivity index (χ0n) is 30.1. The molecule has 0 unspecified atom stereocenters. The van der Waals surface area contributed by atoms with E-state index in [9.17, 15) is 0 Å². The molecule has 248 valence electrons. The summed E-state index contributed by atoms with van der Waals surface area (Å²) in [5.74, 6) is 3.04. The Morgan fingerprint density at radius 2 is 1.07 bits per heavy atom. The second-order valence-corrected chi connectivity index (χ2v) is 8.08. The minimum Gasteiger partial charge on any atom is -0.457 e. The molecule has 0 aliphatic heterocycles. The Kier molecular flexibility index (Phi) is 22.9. The van der Waals surface area contributed by atoms with Gasteiger partial charge >= 0.3 is 0 Å². The van der Waals surface area contributed by atoms with Crippen molar-refractivity contribution in [3.63, 3.8) is 0 Å². The number of nitrogens with one attached hydrogen (secondary N) is 2. The smallest absolute Gasteiger partial charge is 0.141 e. The number of benzene rings is 3. The Balaban J connectivity index is 0.00000185. The van der Waals surface area contributed by atoms with Crippen molar-refractivity contribution >= 4 is 40.0 Å². The minimum absolute atomic E-state index is 0.743. The normalized spacial score (nSPS) is 9.30. The van der Waals surface area contributed by atoms with Gasteiger partial charge in [0, 0.05) is 22.3 Å². The number of fused-ring (bicyclic) bond motifs is 1. The molecule has 0 bridgehead atoms. The standard InChI is InChI=1S/C29H26N6O.5C2H6/c1-3-7-24-26(4-2)30-18-32-28(24)34-20-10-14-22(15-11-20)36-23-16-12-21(13-17-23)35-29-25-8-5-6-9-27(25)31-19-33-29;5*1-2/h3,5-19H,4H2,1-2H3,(H,30,32,34)(H,31,33,35);5*1-2H3/b7-3-;;;;;. The monoisotopic (exact) mass is 624 g/mol. The molecule has 7 nitrogen and oxygen atoms in total. The second kappa shape index (κ2) is 25.5. The van der Waals surface area contributed by atoms with Crippen LogP contribution >= 0.6 is 0 Å². The molecule has 0 spiro atoms. The maximum Gasteiger partial charge on any atom is 0.141 e. The van der Waals surface area contributed by atoms with Crippen molar-refractivity contribution in [2.75, 3.05) is 10.6 Å². The highest BCUT2D eigenvalue weighted by Gasteiger charge is 2.08. The van der Waals surface area contributed by atoms with E-state index in [0.717, 1.165) is 63.1 Å². The van der Waals surface area contributed by atoms with Crippen LogP contribution < -0.4 is 15.4 Å². The lowest BCUT2D eigenvalue weighted by atomic mass is 10.1. The highest BCUT2D eigenvalue weighted by molar-refractivity contribution is 5.90. The average Bonchev–Trinajstić information content (AvgIpc) is 3.15. The number of allylic oxidation sites excluding steroid dienone is 1. The number of hydrogen-bond acceptors (Lipinski definition) is 7. The van der Waals surface area contributed by atoms with E-state index in [4.69, 9.17) is 4.74 Å². The van der Waals surface area contributed by atoms with Crippen LogP contribution in [0.1, 0.15) is 94.3 Å². The summed E-state index contributed by atoms with van der Waals surface area (Å²) in [7, 11) is 0. The van der Waals surface area contributed by atoms with Gasteiger partial charge in [-0.2, -0.15) is 0 Å². The number of aromatic nitrogens is 4. The van der Waals surface area contributed by atoms with E-state index >= 15 is 0 Å². The summed E-state index contributed by atoms with van der Waals surface area (Å²) in [5, 5.41) is 7.72. The van der Waals surface area contributed by atoms with Crippen LogP contribution in [0.2, 0.25) is 0 Å². The first-order valence-electron chi connectivity index (χ1n) is 16.8. The molecular formula is C39H56N6O. The molecule has 2 aromatic heterocycles. The molecule has 0 aliphatic carbocycles. The third kappa shape index (κ3) is 12.7. The number of rotatable bonds is 8.